The molecule has 0 saturated heterocycles. The number of aromatic nitrogens is 1. The summed E-state index contributed by atoms with van der Waals surface area (Å²) in [5.41, 5.74) is 1.99. The molecule has 0 amide bonds. The number of aliphatic hydroxyl groups is 1. The van der Waals surface area contributed by atoms with Crippen LogP contribution in [0.3, 0.4) is 0 Å². The standard InChI is InChI=1S/C17H21NO3/c1-17(2,3)13-6-8-16(18-10-13)21-14-7-5-12(11-19)9-15(14)20-4/h5-10,19H,11H2,1-4H3. The topological polar surface area (TPSA) is 51.6 Å². The molecular weight excluding hydrogens is 266 g/mol. The maximum absolute atomic E-state index is 9.14. The van der Waals surface area contributed by atoms with Gasteiger partial charge in [-0.25, -0.2) is 4.98 Å². The van der Waals surface area contributed by atoms with Crippen LogP contribution in [-0.2, 0) is 12.0 Å². The first-order valence-electron chi connectivity index (χ1n) is 6.86. The third kappa shape index (κ3) is 3.73. The van der Waals surface area contributed by atoms with Crippen LogP contribution in [0.15, 0.2) is 36.5 Å². The lowest BCUT2D eigenvalue weighted by atomic mass is 9.88. The van der Waals surface area contributed by atoms with Gasteiger partial charge in [-0.05, 0) is 28.7 Å². The predicted molar refractivity (Wildman–Crippen MR) is 81.9 cm³/mol. The van der Waals surface area contributed by atoms with Gasteiger partial charge in [-0.2, -0.15) is 0 Å². The molecule has 1 aromatic heterocycles. The van der Waals surface area contributed by atoms with Crippen molar-refractivity contribution in [2.45, 2.75) is 32.8 Å². The van der Waals surface area contributed by atoms with E-state index in [2.05, 4.69) is 25.8 Å². The molecule has 4 heteroatoms. The lowest BCUT2D eigenvalue weighted by Gasteiger charge is -2.18. The molecule has 2 aromatic rings. The lowest BCUT2D eigenvalue weighted by Crippen LogP contribution is -2.11. The van der Waals surface area contributed by atoms with E-state index in [1.807, 2.05) is 18.3 Å². The molecule has 0 radical (unpaired) electrons. The van der Waals surface area contributed by atoms with Crippen LogP contribution in [0.5, 0.6) is 17.4 Å². The molecule has 0 aliphatic rings. The molecule has 0 aliphatic heterocycles. The summed E-state index contributed by atoms with van der Waals surface area (Å²) in [5, 5.41) is 9.14. The van der Waals surface area contributed by atoms with Crippen molar-refractivity contribution in [1.82, 2.24) is 4.98 Å². The number of hydrogen-bond donors (Lipinski definition) is 1. The van der Waals surface area contributed by atoms with Gasteiger partial charge in [-0.1, -0.05) is 32.9 Å². The lowest BCUT2D eigenvalue weighted by molar-refractivity contribution is 0.280. The van der Waals surface area contributed by atoms with Crippen LogP contribution < -0.4 is 9.47 Å². The van der Waals surface area contributed by atoms with E-state index in [0.29, 0.717) is 17.4 Å². The Bertz CT molecular complexity index is 600. The maximum Gasteiger partial charge on any atom is 0.219 e. The van der Waals surface area contributed by atoms with Crippen LogP contribution in [0.25, 0.3) is 0 Å². The monoisotopic (exact) mass is 287 g/mol. The molecule has 4 nitrogen and oxygen atoms in total. The van der Waals surface area contributed by atoms with E-state index in [9.17, 15) is 0 Å². The van der Waals surface area contributed by atoms with Gasteiger partial charge in [-0.15, -0.1) is 0 Å². The minimum atomic E-state index is -0.0326. The Morgan fingerprint density at radius 1 is 1.10 bits per heavy atom. The molecule has 0 aliphatic carbocycles. The molecule has 0 unspecified atom stereocenters. The minimum absolute atomic E-state index is 0.0326. The van der Waals surface area contributed by atoms with Gasteiger partial charge >= 0.3 is 0 Å². The summed E-state index contributed by atoms with van der Waals surface area (Å²) in [6.07, 6.45) is 1.82. The maximum atomic E-state index is 9.14. The van der Waals surface area contributed by atoms with Crippen molar-refractivity contribution in [3.8, 4) is 17.4 Å². The third-order valence-electron chi connectivity index (χ3n) is 3.23. The van der Waals surface area contributed by atoms with Crippen LogP contribution in [0.1, 0.15) is 31.9 Å². The summed E-state index contributed by atoms with van der Waals surface area (Å²) >= 11 is 0. The first kappa shape index (κ1) is 15.3. The Morgan fingerprint density at radius 2 is 1.86 bits per heavy atom. The van der Waals surface area contributed by atoms with Gasteiger partial charge in [0.2, 0.25) is 5.88 Å². The van der Waals surface area contributed by atoms with Crippen molar-refractivity contribution in [3.05, 3.63) is 47.7 Å². The Balaban J connectivity index is 2.22. The second kappa shape index (κ2) is 6.14. The van der Waals surface area contributed by atoms with E-state index >= 15 is 0 Å². The second-order valence-corrected chi connectivity index (χ2v) is 5.88. The Hall–Kier alpha value is -2.07. The van der Waals surface area contributed by atoms with Gasteiger partial charge < -0.3 is 14.6 Å². The molecule has 112 valence electrons. The van der Waals surface area contributed by atoms with E-state index in [1.165, 1.54) is 0 Å². The molecular formula is C17H21NO3. The predicted octanol–water partition coefficient (Wildman–Crippen LogP) is 3.67. The van der Waals surface area contributed by atoms with Crippen LogP contribution in [-0.4, -0.2) is 17.2 Å². The number of methoxy groups -OCH3 is 1. The third-order valence-corrected chi connectivity index (χ3v) is 3.23. The van der Waals surface area contributed by atoms with E-state index in [4.69, 9.17) is 14.6 Å². The Morgan fingerprint density at radius 3 is 2.38 bits per heavy atom. The molecule has 0 atom stereocenters. The summed E-state index contributed by atoms with van der Waals surface area (Å²) in [6, 6.07) is 9.17. The van der Waals surface area contributed by atoms with Crippen molar-refractivity contribution in [2.24, 2.45) is 0 Å². The number of rotatable bonds is 4. The van der Waals surface area contributed by atoms with Gasteiger partial charge in [0.25, 0.3) is 0 Å². The van der Waals surface area contributed by atoms with Gasteiger partial charge in [0.05, 0.1) is 13.7 Å². The second-order valence-electron chi connectivity index (χ2n) is 5.88. The van der Waals surface area contributed by atoms with E-state index in [1.54, 1.807) is 25.3 Å². The zero-order chi connectivity index (χ0) is 15.5. The molecule has 2 rings (SSSR count). The van der Waals surface area contributed by atoms with Gasteiger partial charge in [0.1, 0.15) is 0 Å². The Labute approximate surface area is 125 Å². The van der Waals surface area contributed by atoms with Crippen molar-refractivity contribution < 1.29 is 14.6 Å². The average Bonchev–Trinajstić information content (AvgIpc) is 2.47. The minimum Gasteiger partial charge on any atom is -0.493 e. The molecule has 0 bridgehead atoms. The number of pyridine rings is 1. The SMILES string of the molecule is COc1cc(CO)ccc1Oc1ccc(C(C)(C)C)cn1. The number of benzene rings is 1. The highest BCUT2D eigenvalue weighted by Gasteiger charge is 2.14. The van der Waals surface area contributed by atoms with Crippen molar-refractivity contribution in [3.63, 3.8) is 0 Å². The van der Waals surface area contributed by atoms with E-state index in [-0.39, 0.29) is 12.0 Å². The fourth-order valence-corrected chi connectivity index (χ4v) is 1.89. The average molecular weight is 287 g/mol. The molecule has 1 N–H and O–H groups in total. The number of hydrogen-bond acceptors (Lipinski definition) is 4. The zero-order valence-corrected chi connectivity index (χ0v) is 12.9. The molecule has 0 spiro atoms. The summed E-state index contributed by atoms with van der Waals surface area (Å²) in [6.45, 7) is 6.39. The quantitative estimate of drug-likeness (QED) is 0.932. The first-order chi connectivity index (χ1) is 9.94. The van der Waals surface area contributed by atoms with Crippen molar-refractivity contribution in [2.75, 3.05) is 7.11 Å². The van der Waals surface area contributed by atoms with Gasteiger partial charge in [0.15, 0.2) is 11.5 Å². The highest BCUT2D eigenvalue weighted by Crippen LogP contribution is 2.32. The highest BCUT2D eigenvalue weighted by atomic mass is 16.5. The zero-order valence-electron chi connectivity index (χ0n) is 12.9. The largest absolute Gasteiger partial charge is 0.493 e. The van der Waals surface area contributed by atoms with Crippen molar-refractivity contribution >= 4 is 0 Å². The molecule has 0 saturated carbocycles. The molecule has 0 fully saturated rings. The van der Waals surface area contributed by atoms with Crippen LogP contribution in [0, 0.1) is 0 Å². The van der Waals surface area contributed by atoms with E-state index < -0.39 is 0 Å². The molecule has 21 heavy (non-hydrogen) atoms. The summed E-state index contributed by atoms with van der Waals surface area (Å²) in [4.78, 5) is 4.33. The summed E-state index contributed by atoms with van der Waals surface area (Å²) in [5.74, 6) is 1.66. The number of aliphatic hydroxyl groups excluding tert-OH is 1. The normalized spacial score (nSPS) is 11.3. The molecule has 1 aromatic carbocycles. The Kier molecular flexibility index (Phi) is 4.48. The fourth-order valence-electron chi connectivity index (χ4n) is 1.89. The smallest absolute Gasteiger partial charge is 0.219 e. The van der Waals surface area contributed by atoms with Crippen molar-refractivity contribution in [1.29, 1.82) is 0 Å². The van der Waals surface area contributed by atoms with Gasteiger partial charge in [0, 0.05) is 12.3 Å². The van der Waals surface area contributed by atoms with E-state index in [0.717, 1.165) is 11.1 Å². The van der Waals surface area contributed by atoms with Gasteiger partial charge in [-0.3, -0.25) is 0 Å². The number of ether oxygens (including phenoxy) is 2. The number of nitrogens with zero attached hydrogens (tertiary/aromatic N) is 1. The highest BCUT2D eigenvalue weighted by molar-refractivity contribution is 5.44. The van der Waals surface area contributed by atoms with Crippen LogP contribution in [0.4, 0.5) is 0 Å². The first-order valence-corrected chi connectivity index (χ1v) is 6.86. The fraction of sp³-hybridized carbons (Fsp3) is 0.353. The summed E-state index contributed by atoms with van der Waals surface area (Å²) < 4.78 is 11.0. The van der Waals surface area contributed by atoms with Crippen LogP contribution >= 0.6 is 0 Å². The summed E-state index contributed by atoms with van der Waals surface area (Å²) in [7, 11) is 1.57. The van der Waals surface area contributed by atoms with Crippen LogP contribution in [0.2, 0.25) is 0 Å². The molecule has 1 heterocycles.